The lowest BCUT2D eigenvalue weighted by Gasteiger charge is -2.14. The second-order valence-corrected chi connectivity index (χ2v) is 5.60. The summed E-state index contributed by atoms with van der Waals surface area (Å²) in [4.78, 5) is 0. The highest BCUT2D eigenvalue weighted by Gasteiger charge is 2.31. The van der Waals surface area contributed by atoms with Gasteiger partial charge in [-0.3, -0.25) is 0 Å². The van der Waals surface area contributed by atoms with Crippen molar-refractivity contribution in [3.8, 4) is 0 Å². The number of nitrogens with one attached hydrogen (secondary N) is 2. The summed E-state index contributed by atoms with van der Waals surface area (Å²) < 4.78 is 51.8. The number of hydrogen-bond donors (Lipinski definition) is 2. The minimum Gasteiger partial charge on any atom is -0.331 e. The molecule has 0 aromatic heterocycles. The summed E-state index contributed by atoms with van der Waals surface area (Å²) >= 11 is 16.4. The summed E-state index contributed by atoms with van der Waals surface area (Å²) in [6.07, 6.45) is -4.52. The van der Waals surface area contributed by atoms with Gasteiger partial charge in [-0.05, 0) is 42.5 Å². The van der Waals surface area contributed by atoms with E-state index in [0.29, 0.717) is 0 Å². The van der Waals surface area contributed by atoms with Crippen LogP contribution < -0.4 is 10.6 Å². The number of thiocarbonyl (C=S) groups is 1. The molecule has 9 heteroatoms. The summed E-state index contributed by atoms with van der Waals surface area (Å²) in [5.74, 6) is -0.728. The van der Waals surface area contributed by atoms with Crippen molar-refractivity contribution < 1.29 is 17.6 Å². The lowest BCUT2D eigenvalue weighted by Crippen LogP contribution is -2.20. The highest BCUT2D eigenvalue weighted by atomic mass is 35.5. The fourth-order valence-corrected chi connectivity index (χ4v) is 2.23. The quantitative estimate of drug-likeness (QED) is 0.494. The highest BCUT2D eigenvalue weighted by Crippen LogP contribution is 2.34. The van der Waals surface area contributed by atoms with E-state index in [9.17, 15) is 17.6 Å². The van der Waals surface area contributed by atoms with E-state index in [0.717, 1.165) is 18.2 Å². The lowest BCUT2D eigenvalue weighted by atomic mass is 10.2. The van der Waals surface area contributed by atoms with E-state index in [2.05, 4.69) is 10.6 Å². The number of hydrogen-bond acceptors (Lipinski definition) is 1. The number of rotatable bonds is 2. The van der Waals surface area contributed by atoms with E-state index >= 15 is 0 Å². The number of anilines is 2. The second-order valence-electron chi connectivity index (χ2n) is 4.37. The maximum absolute atomic E-state index is 13.7. The molecule has 0 atom stereocenters. The SMILES string of the molecule is Fc1c(Cl)cccc1NC(=S)Nc1cc(C(F)(F)F)ccc1Cl. The third kappa shape index (κ3) is 4.46. The van der Waals surface area contributed by atoms with Crippen LogP contribution in [-0.2, 0) is 6.18 Å². The number of halogens is 6. The van der Waals surface area contributed by atoms with Gasteiger partial charge >= 0.3 is 6.18 Å². The molecule has 0 heterocycles. The molecule has 2 aromatic rings. The number of alkyl halides is 3. The van der Waals surface area contributed by atoms with Gasteiger partial charge in [-0.1, -0.05) is 29.3 Å². The minimum absolute atomic E-state index is 0.0156. The monoisotopic (exact) mass is 382 g/mol. The third-order valence-corrected chi connectivity index (χ3v) is 3.57. The van der Waals surface area contributed by atoms with Crippen LogP contribution in [-0.4, -0.2) is 5.11 Å². The molecule has 0 fully saturated rings. The highest BCUT2D eigenvalue weighted by molar-refractivity contribution is 7.80. The van der Waals surface area contributed by atoms with Crippen molar-refractivity contribution in [3.05, 3.63) is 57.8 Å². The Balaban J connectivity index is 2.19. The van der Waals surface area contributed by atoms with E-state index in [-0.39, 0.29) is 26.5 Å². The largest absolute Gasteiger partial charge is 0.416 e. The van der Waals surface area contributed by atoms with Crippen LogP contribution >= 0.6 is 35.4 Å². The number of benzene rings is 2. The Labute approximate surface area is 144 Å². The summed E-state index contributed by atoms with van der Waals surface area (Å²) in [6, 6.07) is 6.97. The van der Waals surface area contributed by atoms with E-state index in [1.807, 2.05) is 0 Å². The predicted octanol–water partition coefficient (Wildman–Crippen LogP) is 5.96. The molecule has 0 aliphatic heterocycles. The van der Waals surface area contributed by atoms with Gasteiger partial charge in [-0.2, -0.15) is 13.2 Å². The maximum Gasteiger partial charge on any atom is 0.416 e. The Bertz CT molecular complexity index is 750. The van der Waals surface area contributed by atoms with Crippen molar-refractivity contribution in [3.63, 3.8) is 0 Å². The van der Waals surface area contributed by atoms with Crippen LogP contribution in [0.2, 0.25) is 10.0 Å². The van der Waals surface area contributed by atoms with Crippen molar-refractivity contribution in [1.29, 1.82) is 0 Å². The second kappa shape index (κ2) is 6.90. The molecule has 2 rings (SSSR count). The van der Waals surface area contributed by atoms with E-state index in [1.54, 1.807) is 0 Å². The van der Waals surface area contributed by atoms with Gasteiger partial charge in [0.05, 0.1) is 27.0 Å². The van der Waals surface area contributed by atoms with Crippen LogP contribution in [0.1, 0.15) is 5.56 Å². The molecular formula is C14H8Cl2F4N2S. The topological polar surface area (TPSA) is 24.1 Å². The molecule has 2 N–H and O–H groups in total. The van der Waals surface area contributed by atoms with Crippen molar-refractivity contribution in [2.24, 2.45) is 0 Å². The molecule has 0 unspecified atom stereocenters. The molecule has 0 spiro atoms. The van der Waals surface area contributed by atoms with Crippen LogP contribution in [0.4, 0.5) is 28.9 Å². The smallest absolute Gasteiger partial charge is 0.331 e. The predicted molar refractivity (Wildman–Crippen MR) is 87.7 cm³/mol. The molecule has 0 saturated carbocycles. The molecule has 0 bridgehead atoms. The summed E-state index contributed by atoms with van der Waals surface area (Å²) in [5.41, 5.74) is -0.958. The van der Waals surface area contributed by atoms with Gasteiger partial charge in [-0.25, -0.2) is 4.39 Å². The average molecular weight is 383 g/mol. The van der Waals surface area contributed by atoms with Gasteiger partial charge in [0, 0.05) is 0 Å². The van der Waals surface area contributed by atoms with Crippen molar-refractivity contribution >= 4 is 51.9 Å². The lowest BCUT2D eigenvalue weighted by molar-refractivity contribution is -0.137. The van der Waals surface area contributed by atoms with Crippen molar-refractivity contribution in [1.82, 2.24) is 0 Å². The van der Waals surface area contributed by atoms with Crippen LogP contribution in [0.5, 0.6) is 0 Å². The first-order valence-electron chi connectivity index (χ1n) is 6.07. The molecule has 0 saturated heterocycles. The Morgan fingerprint density at radius 2 is 1.61 bits per heavy atom. The fraction of sp³-hybridized carbons (Fsp3) is 0.0714. The fourth-order valence-electron chi connectivity index (χ4n) is 1.67. The van der Waals surface area contributed by atoms with E-state index in [4.69, 9.17) is 35.4 Å². The Hall–Kier alpha value is -1.57. The first-order chi connectivity index (χ1) is 10.7. The van der Waals surface area contributed by atoms with E-state index in [1.165, 1.54) is 18.2 Å². The van der Waals surface area contributed by atoms with Gasteiger partial charge in [-0.15, -0.1) is 0 Å². The average Bonchev–Trinajstić information content (AvgIpc) is 2.45. The standard InChI is InChI=1S/C14H8Cl2F4N2S/c15-8-5-4-7(14(18,19)20)6-11(8)22-13(23)21-10-3-1-2-9(16)12(10)17/h1-6H,(H2,21,22,23). The van der Waals surface area contributed by atoms with Crippen LogP contribution in [0.3, 0.4) is 0 Å². The third-order valence-electron chi connectivity index (χ3n) is 2.74. The summed E-state index contributed by atoms with van der Waals surface area (Å²) in [5, 5.41) is 4.79. The van der Waals surface area contributed by atoms with Crippen molar-refractivity contribution in [2.75, 3.05) is 10.6 Å². The zero-order chi connectivity index (χ0) is 17.2. The molecule has 2 nitrogen and oxygen atoms in total. The molecule has 0 aliphatic carbocycles. The zero-order valence-electron chi connectivity index (χ0n) is 11.1. The van der Waals surface area contributed by atoms with E-state index < -0.39 is 17.6 Å². The Kier molecular flexibility index (Phi) is 5.33. The Morgan fingerprint density at radius 1 is 0.957 bits per heavy atom. The first kappa shape index (κ1) is 17.8. The molecular weight excluding hydrogens is 375 g/mol. The zero-order valence-corrected chi connectivity index (χ0v) is 13.5. The van der Waals surface area contributed by atoms with Gasteiger partial charge in [0.1, 0.15) is 0 Å². The van der Waals surface area contributed by atoms with Crippen molar-refractivity contribution in [2.45, 2.75) is 6.18 Å². The molecule has 2 aromatic carbocycles. The molecule has 0 amide bonds. The minimum atomic E-state index is -4.52. The molecule has 122 valence electrons. The normalized spacial score (nSPS) is 11.2. The first-order valence-corrected chi connectivity index (χ1v) is 7.23. The summed E-state index contributed by atoms with van der Waals surface area (Å²) in [6.45, 7) is 0. The Morgan fingerprint density at radius 3 is 2.26 bits per heavy atom. The molecule has 23 heavy (non-hydrogen) atoms. The molecule has 0 radical (unpaired) electrons. The van der Waals surface area contributed by atoms with Gasteiger partial charge in [0.2, 0.25) is 0 Å². The van der Waals surface area contributed by atoms with Crippen LogP contribution in [0, 0.1) is 5.82 Å². The maximum atomic E-state index is 13.7. The van der Waals surface area contributed by atoms with Gasteiger partial charge < -0.3 is 10.6 Å². The molecule has 0 aliphatic rings. The summed E-state index contributed by atoms with van der Waals surface area (Å²) in [7, 11) is 0. The van der Waals surface area contributed by atoms with Crippen LogP contribution in [0.25, 0.3) is 0 Å². The van der Waals surface area contributed by atoms with Gasteiger partial charge in [0.15, 0.2) is 10.9 Å². The van der Waals surface area contributed by atoms with Crippen LogP contribution in [0.15, 0.2) is 36.4 Å². The van der Waals surface area contributed by atoms with Gasteiger partial charge in [0.25, 0.3) is 0 Å².